The van der Waals surface area contributed by atoms with Crippen LogP contribution in [0.15, 0.2) is 28.7 Å². The number of hydrogen-bond acceptors (Lipinski definition) is 2. The van der Waals surface area contributed by atoms with Crippen LogP contribution in [0.2, 0.25) is 0 Å². The summed E-state index contributed by atoms with van der Waals surface area (Å²) in [6.45, 7) is 1.74. The minimum Gasteiger partial charge on any atom is -0.481 e. The molecular formula is C13H16BrNO3. The Balaban J connectivity index is 2.34. The van der Waals surface area contributed by atoms with E-state index in [9.17, 15) is 9.59 Å². The van der Waals surface area contributed by atoms with Crippen molar-refractivity contribution in [2.45, 2.75) is 19.8 Å². The van der Waals surface area contributed by atoms with E-state index in [0.29, 0.717) is 12.8 Å². The van der Waals surface area contributed by atoms with Crippen LogP contribution in [-0.4, -0.2) is 23.5 Å². The topological polar surface area (TPSA) is 66.4 Å². The van der Waals surface area contributed by atoms with Gasteiger partial charge in [0.15, 0.2) is 0 Å². The van der Waals surface area contributed by atoms with Crippen LogP contribution in [0.1, 0.15) is 18.9 Å². The second-order valence-electron chi connectivity index (χ2n) is 4.13. The molecule has 1 aromatic rings. The highest BCUT2D eigenvalue weighted by Crippen LogP contribution is 2.17. The first-order valence-electron chi connectivity index (χ1n) is 5.73. The predicted octanol–water partition coefficient (Wildman–Crippen LogP) is 2.22. The summed E-state index contributed by atoms with van der Waals surface area (Å²) in [5.41, 5.74) is 1.07. The zero-order chi connectivity index (χ0) is 13.5. The first-order chi connectivity index (χ1) is 8.50. The maximum absolute atomic E-state index is 11.5. The van der Waals surface area contributed by atoms with Gasteiger partial charge in [-0.3, -0.25) is 9.59 Å². The fraction of sp³-hybridized carbons (Fsp3) is 0.385. The number of carbonyl (C=O) groups excluding carboxylic acids is 1. The summed E-state index contributed by atoms with van der Waals surface area (Å²) >= 11 is 3.42. The zero-order valence-corrected chi connectivity index (χ0v) is 11.7. The second-order valence-corrected chi connectivity index (χ2v) is 4.99. The average molecular weight is 314 g/mol. The van der Waals surface area contributed by atoms with Gasteiger partial charge < -0.3 is 10.4 Å². The number of benzene rings is 1. The third-order valence-corrected chi connectivity index (χ3v) is 3.38. The highest BCUT2D eigenvalue weighted by atomic mass is 79.9. The Morgan fingerprint density at radius 1 is 1.39 bits per heavy atom. The summed E-state index contributed by atoms with van der Waals surface area (Å²) in [4.78, 5) is 22.1. The molecule has 5 heteroatoms. The van der Waals surface area contributed by atoms with Gasteiger partial charge >= 0.3 is 5.97 Å². The minimum atomic E-state index is -0.902. The molecule has 98 valence electrons. The van der Waals surface area contributed by atoms with Crippen molar-refractivity contribution in [3.63, 3.8) is 0 Å². The van der Waals surface area contributed by atoms with E-state index >= 15 is 0 Å². The molecule has 0 saturated carbocycles. The van der Waals surface area contributed by atoms with Gasteiger partial charge in [0.25, 0.3) is 0 Å². The largest absolute Gasteiger partial charge is 0.481 e. The number of carboxylic acid groups (broad SMARTS) is 1. The van der Waals surface area contributed by atoms with Crippen molar-refractivity contribution in [1.82, 2.24) is 5.32 Å². The Hall–Kier alpha value is -1.36. The lowest BCUT2D eigenvalue weighted by molar-refractivity contribution is -0.141. The summed E-state index contributed by atoms with van der Waals surface area (Å²) in [5.74, 6) is -1.59. The number of aliphatic carboxylic acids is 1. The van der Waals surface area contributed by atoms with E-state index in [1.54, 1.807) is 6.92 Å². The zero-order valence-electron chi connectivity index (χ0n) is 10.1. The molecule has 1 rings (SSSR count). The summed E-state index contributed by atoms with van der Waals surface area (Å²) < 4.78 is 0.983. The lowest BCUT2D eigenvalue weighted by atomic mass is 10.1. The fourth-order valence-electron chi connectivity index (χ4n) is 1.39. The Kier molecular flexibility index (Phi) is 5.85. The number of carbonyl (C=O) groups is 2. The summed E-state index contributed by atoms with van der Waals surface area (Å²) in [7, 11) is 0. The predicted molar refractivity (Wildman–Crippen MR) is 72.3 cm³/mol. The standard InChI is InChI=1S/C13H16BrNO3/c1-9(13(17)18)8-15-12(16)7-6-10-4-2-3-5-11(10)14/h2-5,9H,6-8H2,1H3,(H,15,16)(H,17,18). The maximum atomic E-state index is 11.5. The molecule has 0 aliphatic carbocycles. The Morgan fingerprint density at radius 2 is 2.06 bits per heavy atom. The van der Waals surface area contributed by atoms with Crippen molar-refractivity contribution >= 4 is 27.8 Å². The van der Waals surface area contributed by atoms with Gasteiger partial charge in [0.1, 0.15) is 0 Å². The lowest BCUT2D eigenvalue weighted by Crippen LogP contribution is -2.31. The molecule has 0 saturated heterocycles. The number of carboxylic acids is 1. The van der Waals surface area contributed by atoms with Crippen LogP contribution in [-0.2, 0) is 16.0 Å². The van der Waals surface area contributed by atoms with Gasteiger partial charge in [0.05, 0.1) is 5.92 Å². The molecule has 1 amide bonds. The normalized spacial score (nSPS) is 11.9. The molecule has 0 aromatic heterocycles. The molecule has 0 heterocycles. The van der Waals surface area contributed by atoms with E-state index in [0.717, 1.165) is 10.0 Å². The first kappa shape index (κ1) is 14.7. The number of rotatable bonds is 6. The Morgan fingerprint density at radius 3 is 2.67 bits per heavy atom. The lowest BCUT2D eigenvalue weighted by Gasteiger charge is -2.08. The van der Waals surface area contributed by atoms with Gasteiger partial charge in [-0.25, -0.2) is 0 Å². The highest BCUT2D eigenvalue weighted by molar-refractivity contribution is 9.10. The van der Waals surface area contributed by atoms with Crippen molar-refractivity contribution in [1.29, 1.82) is 0 Å². The molecule has 0 spiro atoms. The summed E-state index contributed by atoms with van der Waals surface area (Å²) in [6, 6.07) is 7.73. The third-order valence-electron chi connectivity index (χ3n) is 2.61. The molecule has 0 aliphatic rings. The minimum absolute atomic E-state index is 0.126. The van der Waals surface area contributed by atoms with Crippen molar-refractivity contribution in [2.75, 3.05) is 6.54 Å². The molecule has 1 unspecified atom stereocenters. The molecule has 1 aromatic carbocycles. The van der Waals surface area contributed by atoms with Crippen LogP contribution in [0, 0.1) is 5.92 Å². The quantitative estimate of drug-likeness (QED) is 0.846. The van der Waals surface area contributed by atoms with Gasteiger partial charge in [-0.2, -0.15) is 0 Å². The van der Waals surface area contributed by atoms with E-state index in [2.05, 4.69) is 21.2 Å². The number of halogens is 1. The second kappa shape index (κ2) is 7.16. The molecule has 0 bridgehead atoms. The smallest absolute Gasteiger partial charge is 0.308 e. The van der Waals surface area contributed by atoms with Gasteiger partial charge in [0.2, 0.25) is 5.91 Å². The van der Waals surface area contributed by atoms with E-state index in [1.165, 1.54) is 0 Å². The van der Waals surface area contributed by atoms with Gasteiger partial charge in [-0.05, 0) is 18.1 Å². The molecule has 0 radical (unpaired) electrons. The van der Waals surface area contributed by atoms with Crippen molar-refractivity contribution in [3.05, 3.63) is 34.3 Å². The molecular weight excluding hydrogens is 298 g/mol. The monoisotopic (exact) mass is 313 g/mol. The number of hydrogen-bond donors (Lipinski definition) is 2. The molecule has 1 atom stereocenters. The van der Waals surface area contributed by atoms with Crippen molar-refractivity contribution in [3.8, 4) is 0 Å². The van der Waals surface area contributed by atoms with E-state index in [4.69, 9.17) is 5.11 Å². The summed E-state index contributed by atoms with van der Waals surface area (Å²) in [5, 5.41) is 11.3. The molecule has 0 fully saturated rings. The fourth-order valence-corrected chi connectivity index (χ4v) is 1.87. The molecule has 2 N–H and O–H groups in total. The Bertz CT molecular complexity index is 434. The maximum Gasteiger partial charge on any atom is 0.308 e. The molecule has 18 heavy (non-hydrogen) atoms. The first-order valence-corrected chi connectivity index (χ1v) is 6.53. The van der Waals surface area contributed by atoms with E-state index < -0.39 is 11.9 Å². The van der Waals surface area contributed by atoms with Crippen LogP contribution in [0.3, 0.4) is 0 Å². The number of nitrogens with one attached hydrogen (secondary N) is 1. The van der Waals surface area contributed by atoms with Crippen LogP contribution in [0.5, 0.6) is 0 Å². The third kappa shape index (κ3) is 4.87. The number of aryl methyl sites for hydroxylation is 1. The van der Waals surface area contributed by atoms with Crippen LogP contribution >= 0.6 is 15.9 Å². The van der Waals surface area contributed by atoms with Gasteiger partial charge in [-0.1, -0.05) is 41.1 Å². The Labute approximate surface area is 115 Å². The van der Waals surface area contributed by atoms with E-state index in [-0.39, 0.29) is 12.5 Å². The van der Waals surface area contributed by atoms with Crippen LogP contribution in [0.25, 0.3) is 0 Å². The van der Waals surface area contributed by atoms with Crippen molar-refractivity contribution in [2.24, 2.45) is 5.92 Å². The van der Waals surface area contributed by atoms with Crippen molar-refractivity contribution < 1.29 is 14.7 Å². The van der Waals surface area contributed by atoms with E-state index in [1.807, 2.05) is 24.3 Å². The highest BCUT2D eigenvalue weighted by Gasteiger charge is 2.12. The summed E-state index contributed by atoms with van der Waals surface area (Å²) in [6.07, 6.45) is 0.990. The van der Waals surface area contributed by atoms with Gasteiger partial charge in [0, 0.05) is 17.4 Å². The average Bonchev–Trinajstić information content (AvgIpc) is 2.34. The van der Waals surface area contributed by atoms with Gasteiger partial charge in [-0.15, -0.1) is 0 Å². The van der Waals surface area contributed by atoms with Crippen LogP contribution in [0.4, 0.5) is 0 Å². The van der Waals surface area contributed by atoms with Crippen LogP contribution < -0.4 is 5.32 Å². The molecule has 4 nitrogen and oxygen atoms in total. The SMILES string of the molecule is CC(CNC(=O)CCc1ccccc1Br)C(=O)O. The number of amides is 1. The molecule has 0 aliphatic heterocycles.